The summed E-state index contributed by atoms with van der Waals surface area (Å²) in [5, 5.41) is 6.46. The standard InChI is InChI=1S/C24H20ClN3O4S/c1-13-12-33-24(26-13)27-21(29)14(2)32-23(31)20-19(15-8-10-16(25)11-9-15)17-6-4-5-7-18(17)22(30)28(20)3/h4-12,14H,1-3H3,(H,26,27,29). The molecule has 0 saturated heterocycles. The second-order valence-electron chi connectivity index (χ2n) is 7.47. The Bertz CT molecular complexity index is 1430. The lowest BCUT2D eigenvalue weighted by atomic mass is 9.96. The van der Waals surface area contributed by atoms with Gasteiger partial charge in [0.05, 0.1) is 5.69 Å². The zero-order chi connectivity index (χ0) is 23.7. The van der Waals surface area contributed by atoms with Crippen molar-refractivity contribution < 1.29 is 14.3 Å². The number of thiazole rings is 1. The molecule has 7 nitrogen and oxygen atoms in total. The SMILES string of the molecule is Cc1csc(NC(=O)C(C)OC(=O)c2c(-c3ccc(Cl)cc3)c3ccccc3c(=O)n2C)n1. The number of hydrogen-bond acceptors (Lipinski definition) is 6. The number of esters is 1. The Morgan fingerprint density at radius 1 is 1.12 bits per heavy atom. The fourth-order valence-electron chi connectivity index (χ4n) is 3.50. The predicted molar refractivity (Wildman–Crippen MR) is 130 cm³/mol. The Labute approximate surface area is 198 Å². The number of hydrogen-bond donors (Lipinski definition) is 1. The van der Waals surface area contributed by atoms with Crippen molar-refractivity contribution in [1.82, 2.24) is 9.55 Å². The first-order chi connectivity index (χ1) is 15.8. The van der Waals surface area contributed by atoms with Gasteiger partial charge in [-0.2, -0.15) is 0 Å². The Morgan fingerprint density at radius 3 is 2.42 bits per heavy atom. The fourth-order valence-corrected chi connectivity index (χ4v) is 4.32. The van der Waals surface area contributed by atoms with Crippen LogP contribution < -0.4 is 10.9 Å². The minimum absolute atomic E-state index is 0.0470. The van der Waals surface area contributed by atoms with Crippen molar-refractivity contribution in [2.45, 2.75) is 20.0 Å². The smallest absolute Gasteiger partial charge is 0.356 e. The largest absolute Gasteiger partial charge is 0.448 e. The number of amides is 1. The lowest BCUT2D eigenvalue weighted by molar-refractivity contribution is -0.123. The minimum Gasteiger partial charge on any atom is -0.448 e. The van der Waals surface area contributed by atoms with Crippen molar-refractivity contribution in [2.75, 3.05) is 5.32 Å². The van der Waals surface area contributed by atoms with Gasteiger partial charge >= 0.3 is 5.97 Å². The number of fused-ring (bicyclic) bond motifs is 1. The number of rotatable bonds is 5. The maximum Gasteiger partial charge on any atom is 0.356 e. The molecule has 1 unspecified atom stereocenters. The Kier molecular flexibility index (Phi) is 6.31. The molecule has 1 amide bonds. The first-order valence-electron chi connectivity index (χ1n) is 10.1. The molecule has 0 aliphatic heterocycles. The lowest BCUT2D eigenvalue weighted by Gasteiger charge is -2.18. The van der Waals surface area contributed by atoms with E-state index in [1.807, 2.05) is 6.92 Å². The lowest BCUT2D eigenvalue weighted by Crippen LogP contribution is -2.32. The van der Waals surface area contributed by atoms with E-state index in [-0.39, 0.29) is 11.3 Å². The fraction of sp³-hybridized carbons (Fsp3) is 0.167. The summed E-state index contributed by atoms with van der Waals surface area (Å²) in [7, 11) is 1.51. The van der Waals surface area contributed by atoms with Gasteiger partial charge in [-0.25, -0.2) is 9.78 Å². The number of carbonyl (C=O) groups excluding carboxylic acids is 2. The summed E-state index contributed by atoms with van der Waals surface area (Å²) >= 11 is 7.33. The molecule has 0 fully saturated rings. The van der Waals surface area contributed by atoms with Crippen LogP contribution in [0.25, 0.3) is 21.9 Å². The number of halogens is 1. The zero-order valence-electron chi connectivity index (χ0n) is 18.1. The normalized spacial score (nSPS) is 11.9. The summed E-state index contributed by atoms with van der Waals surface area (Å²) in [6.45, 7) is 3.28. The summed E-state index contributed by atoms with van der Waals surface area (Å²) in [4.78, 5) is 43.0. The van der Waals surface area contributed by atoms with Crippen molar-refractivity contribution >= 4 is 50.7 Å². The number of ether oxygens (including phenoxy) is 1. The molecule has 4 aromatic rings. The topological polar surface area (TPSA) is 90.3 Å². The number of nitrogens with zero attached hydrogens (tertiary/aromatic N) is 2. The number of aromatic nitrogens is 2. The highest BCUT2D eigenvalue weighted by Gasteiger charge is 2.26. The Hall–Kier alpha value is -3.49. The predicted octanol–water partition coefficient (Wildman–Crippen LogP) is 4.81. The highest BCUT2D eigenvalue weighted by Crippen LogP contribution is 2.32. The van der Waals surface area contributed by atoms with Gasteiger partial charge in [0.25, 0.3) is 11.5 Å². The molecular weight excluding hydrogens is 462 g/mol. The average Bonchev–Trinajstić information content (AvgIpc) is 3.21. The average molecular weight is 482 g/mol. The van der Waals surface area contributed by atoms with E-state index in [0.29, 0.717) is 32.1 Å². The second-order valence-corrected chi connectivity index (χ2v) is 8.77. The van der Waals surface area contributed by atoms with E-state index in [9.17, 15) is 14.4 Å². The van der Waals surface area contributed by atoms with Crippen molar-refractivity contribution in [3.8, 4) is 11.1 Å². The molecule has 2 aromatic heterocycles. The van der Waals surface area contributed by atoms with Crippen molar-refractivity contribution in [1.29, 1.82) is 0 Å². The molecule has 0 aliphatic rings. The number of carbonyl (C=O) groups is 2. The summed E-state index contributed by atoms with van der Waals surface area (Å²) in [5.41, 5.74) is 1.70. The quantitative estimate of drug-likeness (QED) is 0.413. The van der Waals surface area contributed by atoms with Crippen LogP contribution in [-0.4, -0.2) is 27.5 Å². The summed E-state index contributed by atoms with van der Waals surface area (Å²) in [6, 6.07) is 14.0. The van der Waals surface area contributed by atoms with E-state index in [2.05, 4.69) is 10.3 Å². The van der Waals surface area contributed by atoms with E-state index < -0.39 is 18.0 Å². The number of aryl methyl sites for hydroxylation is 1. The summed E-state index contributed by atoms with van der Waals surface area (Å²) < 4.78 is 6.74. The summed E-state index contributed by atoms with van der Waals surface area (Å²) in [6.07, 6.45) is -1.11. The van der Waals surface area contributed by atoms with Gasteiger partial charge in [-0.1, -0.05) is 41.9 Å². The van der Waals surface area contributed by atoms with Crippen LogP contribution in [-0.2, 0) is 16.6 Å². The third kappa shape index (κ3) is 4.53. The van der Waals surface area contributed by atoms with E-state index in [0.717, 1.165) is 5.69 Å². The minimum atomic E-state index is -1.11. The van der Waals surface area contributed by atoms with E-state index in [4.69, 9.17) is 16.3 Å². The van der Waals surface area contributed by atoms with Crippen LogP contribution in [0.5, 0.6) is 0 Å². The van der Waals surface area contributed by atoms with Gasteiger partial charge in [-0.3, -0.25) is 14.9 Å². The van der Waals surface area contributed by atoms with E-state index in [1.54, 1.807) is 53.9 Å². The van der Waals surface area contributed by atoms with Gasteiger partial charge in [0, 0.05) is 28.4 Å². The van der Waals surface area contributed by atoms with Gasteiger partial charge in [0.2, 0.25) is 0 Å². The van der Waals surface area contributed by atoms with Gasteiger partial charge in [-0.15, -0.1) is 11.3 Å². The van der Waals surface area contributed by atoms with Gasteiger partial charge < -0.3 is 9.30 Å². The molecule has 0 bridgehead atoms. The van der Waals surface area contributed by atoms with Crippen LogP contribution in [0.3, 0.4) is 0 Å². The van der Waals surface area contributed by atoms with E-state index >= 15 is 0 Å². The third-order valence-electron chi connectivity index (χ3n) is 5.13. The first kappa shape index (κ1) is 22.7. The van der Waals surface area contributed by atoms with Crippen LogP contribution in [0.4, 0.5) is 5.13 Å². The molecule has 33 heavy (non-hydrogen) atoms. The molecule has 9 heteroatoms. The molecule has 0 saturated carbocycles. The zero-order valence-corrected chi connectivity index (χ0v) is 19.7. The van der Waals surface area contributed by atoms with E-state index in [1.165, 1.54) is 29.9 Å². The second kappa shape index (κ2) is 9.17. The molecule has 1 atom stereocenters. The molecule has 2 heterocycles. The molecule has 0 spiro atoms. The van der Waals surface area contributed by atoms with Gasteiger partial charge in [-0.05, 0) is 43.0 Å². The maximum atomic E-state index is 13.3. The van der Waals surface area contributed by atoms with Crippen LogP contribution in [0, 0.1) is 6.92 Å². The van der Waals surface area contributed by atoms with Crippen LogP contribution in [0.1, 0.15) is 23.1 Å². The van der Waals surface area contributed by atoms with Gasteiger partial charge in [0.1, 0.15) is 5.69 Å². The van der Waals surface area contributed by atoms with Crippen molar-refractivity contribution in [3.05, 3.63) is 80.7 Å². The number of pyridine rings is 1. The molecular formula is C24H20ClN3O4S. The maximum absolute atomic E-state index is 13.3. The first-order valence-corrected chi connectivity index (χ1v) is 11.3. The van der Waals surface area contributed by atoms with Crippen molar-refractivity contribution in [3.63, 3.8) is 0 Å². The highest BCUT2D eigenvalue weighted by atomic mass is 35.5. The van der Waals surface area contributed by atoms with Crippen LogP contribution in [0.2, 0.25) is 5.02 Å². The molecule has 168 valence electrons. The van der Waals surface area contributed by atoms with Crippen LogP contribution in [0.15, 0.2) is 58.7 Å². The van der Waals surface area contributed by atoms with Crippen LogP contribution >= 0.6 is 22.9 Å². The molecule has 2 aromatic carbocycles. The molecule has 4 rings (SSSR count). The Balaban J connectivity index is 1.76. The molecule has 0 aliphatic carbocycles. The monoisotopic (exact) mass is 481 g/mol. The number of anilines is 1. The number of nitrogens with one attached hydrogen (secondary N) is 1. The third-order valence-corrected chi connectivity index (χ3v) is 6.26. The van der Waals surface area contributed by atoms with Gasteiger partial charge in [0.15, 0.2) is 11.2 Å². The Morgan fingerprint density at radius 2 is 1.79 bits per heavy atom. The van der Waals surface area contributed by atoms with Crippen molar-refractivity contribution in [2.24, 2.45) is 7.05 Å². The number of benzene rings is 2. The molecule has 0 radical (unpaired) electrons. The molecule has 1 N–H and O–H groups in total. The summed E-state index contributed by atoms with van der Waals surface area (Å²) in [5.74, 6) is -1.31. The highest BCUT2D eigenvalue weighted by molar-refractivity contribution is 7.13.